The van der Waals surface area contributed by atoms with Gasteiger partial charge in [-0.15, -0.1) is 0 Å². The van der Waals surface area contributed by atoms with Crippen LogP contribution in [-0.2, 0) is 4.74 Å². The fourth-order valence-corrected chi connectivity index (χ4v) is 0.551. The summed E-state index contributed by atoms with van der Waals surface area (Å²) in [5, 5.41) is 26.0. The largest absolute Gasteiger partial charge is 0.394 e. The van der Waals surface area contributed by atoms with E-state index in [-0.39, 0.29) is 19.8 Å². The van der Waals surface area contributed by atoms with Crippen LogP contribution in [0.3, 0.4) is 0 Å². The van der Waals surface area contributed by atoms with Crippen molar-refractivity contribution in [1.82, 2.24) is 0 Å². The molecule has 5 heteroatoms. The first-order valence-corrected chi connectivity index (χ1v) is 3.99. The maximum absolute atomic E-state index is 8.90. The fourth-order valence-electron chi connectivity index (χ4n) is 0.446. The molecule has 0 saturated heterocycles. The highest BCUT2D eigenvalue weighted by atomic mass is 32.1. The molecule has 0 heterocycles. The predicted octanol–water partition coefficient (Wildman–Crippen LogP) is -1.35. The maximum Gasteiger partial charge on any atom is 0.100 e. The number of rotatable bonds is 6. The zero-order chi connectivity index (χ0) is 8.69. The Hall–Kier alpha value is 0.190. The van der Waals surface area contributed by atoms with E-state index in [0.717, 1.165) is 0 Å². The third-order valence-electron chi connectivity index (χ3n) is 1.04. The first-order chi connectivity index (χ1) is 5.20. The van der Waals surface area contributed by atoms with E-state index in [1.54, 1.807) is 0 Å². The molecule has 0 saturated carbocycles. The van der Waals surface area contributed by atoms with E-state index in [1.807, 2.05) is 0 Å². The Labute approximate surface area is 71.2 Å². The van der Waals surface area contributed by atoms with Gasteiger partial charge in [-0.1, -0.05) is 0 Å². The fraction of sp³-hybridized carbons (Fsp3) is 1.00. The molecule has 0 aromatic carbocycles. The molecule has 0 spiro atoms. The molecule has 0 aliphatic rings. The minimum Gasteiger partial charge on any atom is -0.394 e. The van der Waals surface area contributed by atoms with E-state index in [9.17, 15) is 0 Å². The van der Waals surface area contributed by atoms with Crippen LogP contribution in [0.2, 0.25) is 0 Å². The van der Waals surface area contributed by atoms with Gasteiger partial charge >= 0.3 is 0 Å². The molecule has 3 N–H and O–H groups in total. The molecule has 2 atom stereocenters. The van der Waals surface area contributed by atoms with Gasteiger partial charge in [-0.25, -0.2) is 0 Å². The van der Waals surface area contributed by atoms with E-state index < -0.39 is 12.2 Å². The monoisotopic (exact) mass is 182 g/mol. The summed E-state index contributed by atoms with van der Waals surface area (Å²) in [6, 6.07) is 0. The Balaban J connectivity index is 3.13. The van der Waals surface area contributed by atoms with Gasteiger partial charge in [0.2, 0.25) is 0 Å². The van der Waals surface area contributed by atoms with Crippen molar-refractivity contribution in [3.05, 3.63) is 0 Å². The standard InChI is InChI=1S/C6H14O4S/c7-1-5(8)2-10-3-6(9)4-11/h5-9,11H,1-4H2. The van der Waals surface area contributed by atoms with Crippen molar-refractivity contribution in [3.8, 4) is 0 Å². The first kappa shape index (κ1) is 11.2. The number of thiol groups is 1. The summed E-state index contributed by atoms with van der Waals surface area (Å²) < 4.78 is 4.83. The summed E-state index contributed by atoms with van der Waals surface area (Å²) in [5.74, 6) is 0.329. The zero-order valence-corrected chi connectivity index (χ0v) is 7.07. The Kier molecular flexibility index (Phi) is 6.99. The van der Waals surface area contributed by atoms with Crippen LogP contribution >= 0.6 is 12.6 Å². The topological polar surface area (TPSA) is 69.9 Å². The molecule has 0 bridgehead atoms. The highest BCUT2D eigenvalue weighted by molar-refractivity contribution is 7.80. The number of aliphatic hydroxyl groups excluding tert-OH is 3. The van der Waals surface area contributed by atoms with E-state index in [4.69, 9.17) is 20.1 Å². The SMILES string of the molecule is OCC(O)COCC(O)CS. The molecule has 2 unspecified atom stereocenters. The van der Waals surface area contributed by atoms with Crippen LogP contribution < -0.4 is 0 Å². The smallest absolute Gasteiger partial charge is 0.100 e. The average Bonchev–Trinajstić information content (AvgIpc) is 2.04. The van der Waals surface area contributed by atoms with Crippen molar-refractivity contribution in [2.45, 2.75) is 12.2 Å². The number of ether oxygens (including phenoxy) is 1. The van der Waals surface area contributed by atoms with E-state index >= 15 is 0 Å². The summed E-state index contributed by atoms with van der Waals surface area (Å²) in [4.78, 5) is 0. The molecular weight excluding hydrogens is 168 g/mol. The second-order valence-corrected chi connectivity index (χ2v) is 2.58. The highest BCUT2D eigenvalue weighted by Crippen LogP contribution is 1.90. The molecule has 0 rings (SSSR count). The van der Waals surface area contributed by atoms with Gasteiger partial charge in [0.15, 0.2) is 0 Å². The van der Waals surface area contributed by atoms with Crippen molar-refractivity contribution >= 4 is 12.6 Å². The van der Waals surface area contributed by atoms with Gasteiger partial charge in [-0.3, -0.25) is 0 Å². The number of hydrogen-bond acceptors (Lipinski definition) is 5. The molecule has 68 valence electrons. The van der Waals surface area contributed by atoms with Gasteiger partial charge in [0, 0.05) is 5.75 Å². The summed E-state index contributed by atoms with van der Waals surface area (Å²) in [6.45, 7) is -0.140. The van der Waals surface area contributed by atoms with Crippen LogP contribution in [0.5, 0.6) is 0 Å². The second-order valence-electron chi connectivity index (χ2n) is 2.21. The molecule has 0 aromatic rings. The number of hydrogen-bond donors (Lipinski definition) is 4. The molecule has 0 aliphatic carbocycles. The molecule has 4 nitrogen and oxygen atoms in total. The lowest BCUT2D eigenvalue weighted by molar-refractivity contribution is -0.0191. The van der Waals surface area contributed by atoms with Crippen molar-refractivity contribution < 1.29 is 20.1 Å². The second kappa shape index (κ2) is 6.87. The summed E-state index contributed by atoms with van der Waals surface area (Å²) in [6.07, 6.45) is -1.47. The minimum absolute atomic E-state index is 0.0430. The van der Waals surface area contributed by atoms with Crippen LogP contribution in [-0.4, -0.2) is 53.1 Å². The van der Waals surface area contributed by atoms with E-state index in [0.29, 0.717) is 5.75 Å². The van der Waals surface area contributed by atoms with Crippen LogP contribution in [0.4, 0.5) is 0 Å². The lowest BCUT2D eigenvalue weighted by Gasteiger charge is -2.10. The van der Waals surface area contributed by atoms with Gasteiger partial charge in [-0.2, -0.15) is 12.6 Å². The van der Waals surface area contributed by atoms with Gasteiger partial charge in [0.1, 0.15) is 6.10 Å². The predicted molar refractivity (Wildman–Crippen MR) is 43.8 cm³/mol. The minimum atomic E-state index is -0.859. The first-order valence-electron chi connectivity index (χ1n) is 3.36. The third-order valence-corrected chi connectivity index (χ3v) is 1.46. The summed E-state index contributed by atoms with van der Waals surface area (Å²) >= 11 is 3.82. The lowest BCUT2D eigenvalue weighted by Crippen LogP contribution is -2.24. The Morgan fingerprint density at radius 3 is 2.18 bits per heavy atom. The molecule has 0 aromatic heterocycles. The molecule has 0 aliphatic heterocycles. The lowest BCUT2D eigenvalue weighted by atomic mass is 10.4. The molecule has 11 heavy (non-hydrogen) atoms. The molecule has 0 amide bonds. The van der Waals surface area contributed by atoms with Gasteiger partial charge < -0.3 is 20.1 Å². The van der Waals surface area contributed by atoms with E-state index in [2.05, 4.69) is 12.6 Å². The number of aliphatic hydroxyl groups is 3. The molecule has 0 radical (unpaired) electrons. The van der Waals surface area contributed by atoms with E-state index in [1.165, 1.54) is 0 Å². The van der Waals surface area contributed by atoms with Crippen LogP contribution in [0.25, 0.3) is 0 Å². The summed E-state index contributed by atoms with van der Waals surface area (Å²) in [5.41, 5.74) is 0. The Bertz CT molecular complexity index is 80.7. The summed E-state index contributed by atoms with van der Waals surface area (Å²) in [7, 11) is 0. The Morgan fingerprint density at radius 1 is 1.18 bits per heavy atom. The highest BCUT2D eigenvalue weighted by Gasteiger charge is 2.04. The quantitative estimate of drug-likeness (QED) is 0.383. The maximum atomic E-state index is 8.90. The Morgan fingerprint density at radius 2 is 1.73 bits per heavy atom. The average molecular weight is 182 g/mol. The van der Waals surface area contributed by atoms with Crippen LogP contribution in [0, 0.1) is 0 Å². The van der Waals surface area contributed by atoms with Gasteiger partial charge in [0.25, 0.3) is 0 Å². The van der Waals surface area contributed by atoms with Gasteiger partial charge in [0.05, 0.1) is 25.9 Å². The van der Waals surface area contributed by atoms with Crippen LogP contribution in [0.1, 0.15) is 0 Å². The third kappa shape index (κ3) is 6.58. The van der Waals surface area contributed by atoms with Gasteiger partial charge in [-0.05, 0) is 0 Å². The molecule has 0 fully saturated rings. The van der Waals surface area contributed by atoms with Crippen molar-refractivity contribution in [2.75, 3.05) is 25.6 Å². The normalized spacial score (nSPS) is 16.4. The van der Waals surface area contributed by atoms with Crippen molar-refractivity contribution in [1.29, 1.82) is 0 Å². The zero-order valence-electron chi connectivity index (χ0n) is 6.18. The van der Waals surface area contributed by atoms with Crippen molar-refractivity contribution in [3.63, 3.8) is 0 Å². The molecular formula is C6H14O4S. The van der Waals surface area contributed by atoms with Crippen LogP contribution in [0.15, 0.2) is 0 Å². The van der Waals surface area contributed by atoms with Crippen molar-refractivity contribution in [2.24, 2.45) is 0 Å².